The highest BCUT2D eigenvalue weighted by Gasteiger charge is 2.17. The smallest absolute Gasteiger partial charge is 0.251 e. The van der Waals surface area contributed by atoms with Gasteiger partial charge in [0.1, 0.15) is 0 Å². The van der Waals surface area contributed by atoms with Crippen LogP contribution in [0, 0.1) is 6.92 Å². The molecule has 1 amide bonds. The Morgan fingerprint density at radius 1 is 0.833 bits per heavy atom. The van der Waals surface area contributed by atoms with E-state index in [4.69, 9.17) is 0 Å². The van der Waals surface area contributed by atoms with Crippen LogP contribution < -0.4 is 10.2 Å². The Labute approximate surface area is 179 Å². The van der Waals surface area contributed by atoms with Gasteiger partial charge in [0, 0.05) is 50.5 Å². The lowest BCUT2D eigenvalue weighted by atomic mass is 10.1. The van der Waals surface area contributed by atoms with E-state index in [1.807, 2.05) is 24.3 Å². The molecule has 0 bridgehead atoms. The summed E-state index contributed by atoms with van der Waals surface area (Å²) in [5.41, 5.74) is 5.61. The molecule has 1 aliphatic heterocycles. The Morgan fingerprint density at radius 3 is 2.20 bits per heavy atom. The van der Waals surface area contributed by atoms with Gasteiger partial charge in [0.2, 0.25) is 0 Å². The predicted octanol–water partition coefficient (Wildman–Crippen LogP) is 4.25. The van der Waals surface area contributed by atoms with E-state index in [2.05, 4.69) is 76.6 Å². The minimum Gasteiger partial charge on any atom is -0.369 e. The fourth-order valence-electron chi connectivity index (χ4n) is 3.91. The molecule has 0 atom stereocenters. The summed E-state index contributed by atoms with van der Waals surface area (Å²) < 4.78 is 0. The third-order valence-corrected chi connectivity index (χ3v) is 5.82. The van der Waals surface area contributed by atoms with Crippen molar-refractivity contribution >= 4 is 11.6 Å². The van der Waals surface area contributed by atoms with Crippen molar-refractivity contribution in [2.45, 2.75) is 20.0 Å². The lowest BCUT2D eigenvalue weighted by molar-refractivity contribution is 0.0951. The maximum atomic E-state index is 12.5. The Morgan fingerprint density at radius 2 is 1.50 bits per heavy atom. The number of hydrogen-bond donors (Lipinski definition) is 1. The second-order valence-corrected chi connectivity index (χ2v) is 7.90. The van der Waals surface area contributed by atoms with Crippen LogP contribution >= 0.6 is 0 Å². The van der Waals surface area contributed by atoms with Crippen molar-refractivity contribution < 1.29 is 4.79 Å². The summed E-state index contributed by atoms with van der Waals surface area (Å²) >= 11 is 0. The zero-order valence-electron chi connectivity index (χ0n) is 17.6. The molecular formula is C26H29N3O. The molecule has 1 N–H and O–H groups in total. The highest BCUT2D eigenvalue weighted by Crippen LogP contribution is 2.17. The first-order valence-electron chi connectivity index (χ1n) is 10.6. The van der Waals surface area contributed by atoms with E-state index in [1.165, 1.54) is 16.8 Å². The number of benzene rings is 3. The minimum atomic E-state index is -0.0266. The number of para-hydroxylation sites is 1. The molecule has 0 spiro atoms. The number of carbonyl (C=O) groups excluding carboxylic acids is 1. The van der Waals surface area contributed by atoms with Crippen LogP contribution in [0.3, 0.4) is 0 Å². The van der Waals surface area contributed by atoms with Crippen molar-refractivity contribution in [3.63, 3.8) is 0 Å². The van der Waals surface area contributed by atoms with Gasteiger partial charge in [-0.3, -0.25) is 9.69 Å². The van der Waals surface area contributed by atoms with E-state index in [0.717, 1.165) is 38.3 Å². The van der Waals surface area contributed by atoms with Gasteiger partial charge >= 0.3 is 0 Å². The number of hydrogen-bond acceptors (Lipinski definition) is 3. The number of nitrogens with one attached hydrogen (secondary N) is 1. The highest BCUT2D eigenvalue weighted by atomic mass is 16.1. The molecule has 1 saturated heterocycles. The van der Waals surface area contributed by atoms with E-state index < -0.39 is 0 Å². The molecule has 154 valence electrons. The first-order valence-corrected chi connectivity index (χ1v) is 10.6. The third kappa shape index (κ3) is 5.08. The van der Waals surface area contributed by atoms with E-state index >= 15 is 0 Å². The summed E-state index contributed by atoms with van der Waals surface area (Å²) in [5.74, 6) is -0.0266. The fraction of sp³-hybridized carbons (Fsp3) is 0.269. The van der Waals surface area contributed by atoms with Crippen molar-refractivity contribution in [1.29, 1.82) is 0 Å². The summed E-state index contributed by atoms with van der Waals surface area (Å²) in [4.78, 5) is 17.4. The van der Waals surface area contributed by atoms with Crippen LogP contribution in [-0.4, -0.2) is 37.0 Å². The number of aryl methyl sites for hydroxylation is 1. The molecule has 30 heavy (non-hydrogen) atoms. The second kappa shape index (κ2) is 9.59. The molecule has 1 heterocycles. The predicted molar refractivity (Wildman–Crippen MR) is 123 cm³/mol. The topological polar surface area (TPSA) is 35.6 Å². The van der Waals surface area contributed by atoms with Gasteiger partial charge in [-0.15, -0.1) is 0 Å². The lowest BCUT2D eigenvalue weighted by Crippen LogP contribution is -2.45. The van der Waals surface area contributed by atoms with Crippen molar-refractivity contribution in [3.8, 4) is 0 Å². The van der Waals surface area contributed by atoms with Gasteiger partial charge in [0.15, 0.2) is 0 Å². The van der Waals surface area contributed by atoms with Crippen LogP contribution in [0.5, 0.6) is 0 Å². The molecular weight excluding hydrogens is 370 g/mol. The van der Waals surface area contributed by atoms with Crippen molar-refractivity contribution in [2.24, 2.45) is 0 Å². The van der Waals surface area contributed by atoms with E-state index in [-0.39, 0.29) is 5.91 Å². The normalized spacial score (nSPS) is 14.5. The second-order valence-electron chi connectivity index (χ2n) is 7.90. The van der Waals surface area contributed by atoms with Gasteiger partial charge in [-0.2, -0.15) is 0 Å². The van der Waals surface area contributed by atoms with Crippen LogP contribution in [0.25, 0.3) is 0 Å². The molecule has 0 aromatic heterocycles. The first kappa shape index (κ1) is 20.2. The van der Waals surface area contributed by atoms with Crippen LogP contribution in [-0.2, 0) is 13.1 Å². The quantitative estimate of drug-likeness (QED) is 0.673. The van der Waals surface area contributed by atoms with Gasteiger partial charge in [-0.05, 0) is 47.9 Å². The molecule has 4 rings (SSSR count). The van der Waals surface area contributed by atoms with Crippen LogP contribution in [0.4, 0.5) is 5.69 Å². The molecule has 0 radical (unpaired) electrons. The molecule has 0 saturated carbocycles. The van der Waals surface area contributed by atoms with Gasteiger partial charge in [0.05, 0.1) is 0 Å². The average molecular weight is 400 g/mol. The fourth-order valence-corrected chi connectivity index (χ4v) is 3.91. The third-order valence-electron chi connectivity index (χ3n) is 5.82. The number of carbonyl (C=O) groups is 1. The number of anilines is 1. The Balaban J connectivity index is 1.27. The largest absolute Gasteiger partial charge is 0.369 e. The SMILES string of the molecule is Cc1ccccc1CNC(=O)c1ccc(CN2CCN(c3ccccc3)CC2)cc1. The number of nitrogens with zero attached hydrogens (tertiary/aromatic N) is 2. The first-order chi connectivity index (χ1) is 14.7. The average Bonchev–Trinajstić information content (AvgIpc) is 2.80. The van der Waals surface area contributed by atoms with E-state index in [9.17, 15) is 4.79 Å². The van der Waals surface area contributed by atoms with Gasteiger partial charge in [0.25, 0.3) is 5.91 Å². The number of amides is 1. The van der Waals surface area contributed by atoms with Crippen LogP contribution in [0.15, 0.2) is 78.9 Å². The molecule has 3 aromatic rings. The van der Waals surface area contributed by atoms with Crippen molar-refractivity contribution in [1.82, 2.24) is 10.2 Å². The van der Waals surface area contributed by atoms with Gasteiger partial charge < -0.3 is 10.2 Å². The van der Waals surface area contributed by atoms with Gasteiger partial charge in [-0.25, -0.2) is 0 Å². The molecule has 4 heteroatoms. The Kier molecular flexibility index (Phi) is 6.45. The standard InChI is InChI=1S/C26H29N3O/c1-21-7-5-6-8-24(21)19-27-26(30)23-13-11-22(12-14-23)20-28-15-17-29(18-16-28)25-9-3-2-4-10-25/h2-14H,15-20H2,1H3,(H,27,30). The van der Waals surface area contributed by atoms with Crippen molar-refractivity contribution in [3.05, 3.63) is 101 Å². The van der Waals surface area contributed by atoms with Crippen LogP contribution in [0.2, 0.25) is 0 Å². The monoisotopic (exact) mass is 399 g/mol. The minimum absolute atomic E-state index is 0.0266. The summed E-state index contributed by atoms with van der Waals surface area (Å²) in [5, 5.41) is 3.02. The Hall–Kier alpha value is -3.11. The molecule has 3 aromatic carbocycles. The molecule has 0 unspecified atom stereocenters. The maximum absolute atomic E-state index is 12.5. The maximum Gasteiger partial charge on any atom is 0.251 e. The summed E-state index contributed by atoms with van der Waals surface area (Å²) in [6.45, 7) is 7.73. The summed E-state index contributed by atoms with van der Waals surface area (Å²) in [7, 11) is 0. The lowest BCUT2D eigenvalue weighted by Gasteiger charge is -2.36. The Bertz CT molecular complexity index is 961. The number of rotatable bonds is 6. The van der Waals surface area contributed by atoms with E-state index in [1.54, 1.807) is 0 Å². The molecule has 1 aliphatic rings. The zero-order chi connectivity index (χ0) is 20.8. The van der Waals surface area contributed by atoms with Crippen molar-refractivity contribution in [2.75, 3.05) is 31.1 Å². The van der Waals surface area contributed by atoms with Crippen LogP contribution in [0.1, 0.15) is 27.0 Å². The molecule has 1 fully saturated rings. The molecule has 0 aliphatic carbocycles. The van der Waals surface area contributed by atoms with E-state index in [0.29, 0.717) is 12.1 Å². The van der Waals surface area contributed by atoms with Gasteiger partial charge in [-0.1, -0.05) is 54.6 Å². The highest BCUT2D eigenvalue weighted by molar-refractivity contribution is 5.94. The summed E-state index contributed by atoms with van der Waals surface area (Å²) in [6, 6.07) is 26.8. The molecule has 4 nitrogen and oxygen atoms in total. The summed E-state index contributed by atoms with van der Waals surface area (Å²) in [6.07, 6.45) is 0. The zero-order valence-corrected chi connectivity index (χ0v) is 17.6. The number of piperazine rings is 1.